The Bertz CT molecular complexity index is 943. The lowest BCUT2D eigenvalue weighted by Crippen LogP contribution is -2.34. The van der Waals surface area contributed by atoms with E-state index in [-0.39, 0.29) is 12.5 Å². The van der Waals surface area contributed by atoms with E-state index in [0.29, 0.717) is 15.8 Å². The molecule has 1 aromatic heterocycles. The fourth-order valence-corrected chi connectivity index (χ4v) is 4.35. The number of nitrogens with one attached hydrogen (secondary N) is 1. The normalized spacial score (nSPS) is 19.2. The molecule has 0 radical (unpaired) electrons. The van der Waals surface area contributed by atoms with E-state index in [0.717, 1.165) is 36.6 Å². The molecule has 2 aliphatic heterocycles. The number of halogens is 1. The monoisotopic (exact) mass is 432 g/mol. The summed E-state index contributed by atoms with van der Waals surface area (Å²) in [6.07, 6.45) is 0.244. The first-order valence-corrected chi connectivity index (χ1v) is 10.6. The number of carbonyl (C=O) groups is 2. The van der Waals surface area contributed by atoms with E-state index < -0.39 is 12.2 Å². The first kappa shape index (κ1) is 19.7. The van der Waals surface area contributed by atoms with E-state index in [1.165, 1.54) is 11.3 Å². The molecule has 4 rings (SSSR count). The highest BCUT2D eigenvalue weighted by molar-refractivity contribution is 7.18. The Labute approximate surface area is 177 Å². The maximum Gasteiger partial charge on any atom is 0.414 e. The van der Waals surface area contributed by atoms with E-state index >= 15 is 0 Å². The summed E-state index contributed by atoms with van der Waals surface area (Å²) in [5, 5.41) is 2.79. The summed E-state index contributed by atoms with van der Waals surface area (Å²) in [6.45, 7) is 2.45. The van der Waals surface area contributed by atoms with Crippen LogP contribution in [0.2, 0.25) is 4.34 Å². The number of amides is 2. The van der Waals surface area contributed by atoms with Crippen molar-refractivity contribution < 1.29 is 14.3 Å². The van der Waals surface area contributed by atoms with Crippen molar-refractivity contribution in [2.45, 2.75) is 12.5 Å². The molecule has 1 atom stereocenters. The molecule has 152 valence electrons. The second-order valence-electron chi connectivity index (χ2n) is 6.96. The summed E-state index contributed by atoms with van der Waals surface area (Å²) >= 11 is 7.07. The molecule has 2 amide bonds. The first-order valence-electron chi connectivity index (χ1n) is 9.39. The molecule has 29 heavy (non-hydrogen) atoms. The summed E-state index contributed by atoms with van der Waals surface area (Å²) in [5.41, 5.74) is 1.79. The molecule has 0 saturated carbocycles. The SMILES string of the molecule is CN1CCCN=C1c1ccc(N2C[C@H](CNC(=O)c3ccc(Cl)s3)OC2=O)cc1. The van der Waals surface area contributed by atoms with Gasteiger partial charge in [0.25, 0.3) is 5.91 Å². The Morgan fingerprint density at radius 1 is 1.31 bits per heavy atom. The van der Waals surface area contributed by atoms with Crippen LogP contribution in [0.1, 0.15) is 21.7 Å². The molecule has 1 saturated heterocycles. The number of carbonyl (C=O) groups excluding carboxylic acids is 2. The Morgan fingerprint density at radius 3 is 2.79 bits per heavy atom. The molecule has 1 fully saturated rings. The molecule has 3 heterocycles. The maximum absolute atomic E-state index is 12.3. The van der Waals surface area contributed by atoms with Gasteiger partial charge in [0.2, 0.25) is 0 Å². The van der Waals surface area contributed by atoms with Gasteiger partial charge in [-0.2, -0.15) is 0 Å². The molecule has 0 unspecified atom stereocenters. The predicted molar refractivity (Wildman–Crippen MR) is 114 cm³/mol. The molecule has 1 N–H and O–H groups in total. The number of hydrogen-bond donors (Lipinski definition) is 1. The van der Waals surface area contributed by atoms with Gasteiger partial charge in [0.1, 0.15) is 11.9 Å². The third-order valence-corrected chi connectivity index (χ3v) is 6.10. The summed E-state index contributed by atoms with van der Waals surface area (Å²) in [4.78, 5) is 33.3. The lowest BCUT2D eigenvalue weighted by Gasteiger charge is -2.25. The lowest BCUT2D eigenvalue weighted by molar-refractivity contribution is 0.0920. The minimum absolute atomic E-state index is 0.224. The predicted octanol–water partition coefficient (Wildman–Crippen LogP) is 3.24. The Kier molecular flexibility index (Phi) is 5.73. The lowest BCUT2D eigenvalue weighted by atomic mass is 10.1. The van der Waals surface area contributed by atoms with E-state index in [2.05, 4.69) is 15.2 Å². The number of nitrogens with zero attached hydrogens (tertiary/aromatic N) is 3. The zero-order valence-electron chi connectivity index (χ0n) is 15.9. The van der Waals surface area contributed by atoms with Crippen LogP contribution in [-0.2, 0) is 4.74 Å². The smallest absolute Gasteiger partial charge is 0.414 e. The van der Waals surface area contributed by atoms with Crippen LogP contribution in [-0.4, -0.2) is 62.1 Å². The van der Waals surface area contributed by atoms with Crippen molar-refractivity contribution in [1.82, 2.24) is 10.2 Å². The molecule has 9 heteroatoms. The largest absolute Gasteiger partial charge is 0.442 e. The van der Waals surface area contributed by atoms with Crippen LogP contribution in [0.5, 0.6) is 0 Å². The van der Waals surface area contributed by atoms with Crippen molar-refractivity contribution in [3.05, 3.63) is 51.2 Å². The van der Waals surface area contributed by atoms with Gasteiger partial charge in [-0.1, -0.05) is 11.6 Å². The number of benzene rings is 1. The number of anilines is 1. The van der Waals surface area contributed by atoms with Crippen LogP contribution >= 0.6 is 22.9 Å². The van der Waals surface area contributed by atoms with Crippen LogP contribution in [0.25, 0.3) is 0 Å². The third kappa shape index (κ3) is 4.38. The second-order valence-corrected chi connectivity index (χ2v) is 8.67. The number of aliphatic imine (C=N–C) groups is 1. The fraction of sp³-hybridized carbons (Fsp3) is 0.350. The molecule has 7 nitrogen and oxygen atoms in total. The molecule has 2 aliphatic rings. The minimum atomic E-state index is -0.414. The van der Waals surface area contributed by atoms with Crippen molar-refractivity contribution >= 4 is 46.5 Å². The van der Waals surface area contributed by atoms with Gasteiger partial charge < -0.3 is 15.0 Å². The fourth-order valence-electron chi connectivity index (χ4n) is 3.39. The van der Waals surface area contributed by atoms with Crippen LogP contribution in [0, 0.1) is 0 Å². The average molecular weight is 433 g/mol. The minimum Gasteiger partial charge on any atom is -0.442 e. The molecular formula is C20H21ClN4O3S. The van der Waals surface area contributed by atoms with Crippen molar-refractivity contribution in [1.29, 1.82) is 0 Å². The van der Waals surface area contributed by atoms with E-state index in [9.17, 15) is 9.59 Å². The Morgan fingerprint density at radius 2 is 2.10 bits per heavy atom. The van der Waals surface area contributed by atoms with Gasteiger partial charge in [-0.05, 0) is 42.8 Å². The maximum atomic E-state index is 12.3. The number of ether oxygens (including phenoxy) is 1. The second kappa shape index (κ2) is 8.42. The Balaban J connectivity index is 1.36. The topological polar surface area (TPSA) is 74.2 Å². The molecule has 0 aliphatic carbocycles. The zero-order chi connectivity index (χ0) is 20.4. The molecule has 2 aromatic rings. The summed E-state index contributed by atoms with van der Waals surface area (Å²) in [7, 11) is 2.03. The third-order valence-electron chi connectivity index (χ3n) is 4.87. The van der Waals surface area contributed by atoms with Gasteiger partial charge in [-0.15, -0.1) is 11.3 Å². The summed E-state index contributed by atoms with van der Waals surface area (Å²) in [5.74, 6) is 0.749. The Hall–Kier alpha value is -2.58. The zero-order valence-corrected chi connectivity index (χ0v) is 17.5. The first-order chi connectivity index (χ1) is 14.0. The summed E-state index contributed by atoms with van der Waals surface area (Å²) in [6, 6.07) is 11.1. The van der Waals surface area contributed by atoms with Crippen molar-refractivity contribution in [3.8, 4) is 0 Å². The van der Waals surface area contributed by atoms with Crippen molar-refractivity contribution in [3.63, 3.8) is 0 Å². The van der Waals surface area contributed by atoms with Gasteiger partial charge in [0.15, 0.2) is 0 Å². The van der Waals surface area contributed by atoms with Gasteiger partial charge in [-0.3, -0.25) is 14.7 Å². The standard InChI is InChI=1S/C20H21ClN4O3S/c1-24-10-2-9-22-18(24)13-3-5-14(6-4-13)25-12-15(28-20(25)27)11-23-19(26)16-7-8-17(21)29-16/h3-8,15H,2,9-12H2,1H3,(H,23,26)/t15-/m0/s1. The van der Waals surface area contributed by atoms with E-state index in [1.807, 2.05) is 31.3 Å². The van der Waals surface area contributed by atoms with Gasteiger partial charge in [-0.25, -0.2) is 4.79 Å². The van der Waals surface area contributed by atoms with E-state index in [1.54, 1.807) is 17.0 Å². The highest BCUT2D eigenvalue weighted by Crippen LogP contribution is 2.24. The molecular weight excluding hydrogens is 412 g/mol. The van der Waals surface area contributed by atoms with Crippen LogP contribution < -0.4 is 10.2 Å². The number of cyclic esters (lactones) is 1. The number of thiophene rings is 1. The van der Waals surface area contributed by atoms with Gasteiger partial charge in [0, 0.05) is 31.4 Å². The highest BCUT2D eigenvalue weighted by Gasteiger charge is 2.32. The molecule has 0 spiro atoms. The summed E-state index contributed by atoms with van der Waals surface area (Å²) < 4.78 is 5.96. The van der Waals surface area contributed by atoms with Crippen molar-refractivity contribution in [2.75, 3.05) is 38.1 Å². The van der Waals surface area contributed by atoms with Gasteiger partial charge in [0.05, 0.1) is 22.3 Å². The molecule has 0 bridgehead atoms. The number of hydrogen-bond acceptors (Lipinski definition) is 6. The van der Waals surface area contributed by atoms with Crippen LogP contribution in [0.3, 0.4) is 0 Å². The van der Waals surface area contributed by atoms with Crippen LogP contribution in [0.4, 0.5) is 10.5 Å². The number of rotatable bonds is 5. The number of amidine groups is 1. The highest BCUT2D eigenvalue weighted by atomic mass is 35.5. The van der Waals surface area contributed by atoms with Gasteiger partial charge >= 0.3 is 6.09 Å². The quantitative estimate of drug-likeness (QED) is 0.787. The average Bonchev–Trinajstić information content (AvgIpc) is 3.32. The van der Waals surface area contributed by atoms with E-state index in [4.69, 9.17) is 16.3 Å². The molecule has 1 aromatic carbocycles. The van der Waals surface area contributed by atoms with Crippen molar-refractivity contribution in [2.24, 2.45) is 4.99 Å². The van der Waals surface area contributed by atoms with Crippen LogP contribution in [0.15, 0.2) is 41.4 Å².